The fourth-order valence-electron chi connectivity index (χ4n) is 2.14. The van der Waals surface area contributed by atoms with E-state index in [1.54, 1.807) is 24.7 Å². The van der Waals surface area contributed by atoms with E-state index in [2.05, 4.69) is 5.10 Å². The molecule has 3 nitrogen and oxygen atoms in total. The third-order valence-corrected chi connectivity index (χ3v) is 3.15. The molecule has 0 saturated heterocycles. The molecule has 0 aliphatic carbocycles. The van der Waals surface area contributed by atoms with Gasteiger partial charge in [0, 0.05) is 19.2 Å². The molecule has 0 radical (unpaired) electrons. The third-order valence-electron chi connectivity index (χ3n) is 3.15. The highest BCUT2D eigenvalue weighted by Gasteiger charge is 2.21. The average Bonchev–Trinajstić information content (AvgIpc) is 2.63. The summed E-state index contributed by atoms with van der Waals surface area (Å²) in [5.41, 5.74) is 1.57. The molecule has 0 saturated carbocycles. The fraction of sp³-hybridized carbons (Fsp3) is 0.357. The minimum absolute atomic E-state index is 0.120. The van der Waals surface area contributed by atoms with E-state index in [0.29, 0.717) is 5.56 Å². The number of aliphatic hydroxyl groups is 1. The van der Waals surface area contributed by atoms with Gasteiger partial charge < -0.3 is 5.11 Å². The maximum absolute atomic E-state index is 13.9. The molecule has 5 heteroatoms. The van der Waals surface area contributed by atoms with Gasteiger partial charge in [-0.25, -0.2) is 8.78 Å². The molecule has 1 N–H and O–H groups in total. The summed E-state index contributed by atoms with van der Waals surface area (Å²) in [6.07, 6.45) is -1.11. The van der Waals surface area contributed by atoms with E-state index in [1.165, 1.54) is 12.1 Å². The molecule has 0 aliphatic rings. The number of hydrogen-bond donors (Lipinski definition) is 1. The number of aromatic nitrogens is 2. The van der Waals surface area contributed by atoms with Crippen molar-refractivity contribution in [2.75, 3.05) is 0 Å². The van der Waals surface area contributed by atoms with Gasteiger partial charge in [-0.3, -0.25) is 4.68 Å². The highest BCUT2D eigenvalue weighted by atomic mass is 19.1. The second-order valence-corrected chi connectivity index (χ2v) is 4.71. The zero-order valence-corrected chi connectivity index (χ0v) is 11.1. The predicted octanol–water partition coefficient (Wildman–Crippen LogP) is 2.59. The molecule has 1 aromatic carbocycles. The van der Waals surface area contributed by atoms with Gasteiger partial charge in [0.05, 0.1) is 17.4 Å². The lowest BCUT2D eigenvalue weighted by Gasteiger charge is -2.14. The van der Waals surface area contributed by atoms with Crippen LogP contribution in [-0.4, -0.2) is 14.9 Å². The molecule has 0 bridgehead atoms. The summed E-state index contributed by atoms with van der Waals surface area (Å²) in [4.78, 5) is 0. The Balaban J connectivity index is 2.32. The zero-order chi connectivity index (χ0) is 14.2. The Morgan fingerprint density at radius 3 is 2.58 bits per heavy atom. The van der Waals surface area contributed by atoms with Crippen LogP contribution in [0.25, 0.3) is 0 Å². The molecule has 2 rings (SSSR count). The molecule has 1 heterocycles. The molecule has 0 aliphatic heterocycles. The lowest BCUT2D eigenvalue weighted by atomic mass is 10.0. The van der Waals surface area contributed by atoms with Gasteiger partial charge in [0.1, 0.15) is 11.6 Å². The van der Waals surface area contributed by atoms with Crippen molar-refractivity contribution in [3.8, 4) is 0 Å². The topological polar surface area (TPSA) is 38.0 Å². The van der Waals surface area contributed by atoms with Crippen LogP contribution in [0.15, 0.2) is 18.2 Å². The number of aliphatic hydroxyl groups excluding tert-OH is 1. The quantitative estimate of drug-likeness (QED) is 0.927. The van der Waals surface area contributed by atoms with Crippen molar-refractivity contribution in [2.45, 2.75) is 26.4 Å². The number of aryl methyl sites for hydroxylation is 3. The van der Waals surface area contributed by atoms with Gasteiger partial charge in [0.2, 0.25) is 0 Å². The number of halogens is 2. The average molecular weight is 266 g/mol. The molecular weight excluding hydrogens is 250 g/mol. The van der Waals surface area contributed by atoms with Crippen LogP contribution in [0.5, 0.6) is 0 Å². The van der Waals surface area contributed by atoms with Gasteiger partial charge in [-0.15, -0.1) is 0 Å². The Morgan fingerprint density at radius 2 is 2.00 bits per heavy atom. The van der Waals surface area contributed by atoms with Crippen molar-refractivity contribution in [3.05, 3.63) is 52.3 Å². The summed E-state index contributed by atoms with van der Waals surface area (Å²) in [6.45, 7) is 3.36. The number of hydrogen-bond acceptors (Lipinski definition) is 2. The second kappa shape index (κ2) is 5.09. The van der Waals surface area contributed by atoms with Crippen molar-refractivity contribution in [2.24, 2.45) is 7.05 Å². The highest BCUT2D eigenvalue weighted by molar-refractivity contribution is 5.29. The van der Waals surface area contributed by atoms with Crippen LogP contribution in [0.4, 0.5) is 8.78 Å². The van der Waals surface area contributed by atoms with E-state index in [1.807, 2.05) is 6.92 Å². The lowest BCUT2D eigenvalue weighted by molar-refractivity contribution is 0.165. The number of benzene rings is 1. The molecule has 0 amide bonds. The second-order valence-electron chi connectivity index (χ2n) is 4.71. The first-order chi connectivity index (χ1) is 8.90. The van der Waals surface area contributed by atoms with Crippen molar-refractivity contribution in [1.29, 1.82) is 0 Å². The molecule has 102 valence electrons. The van der Waals surface area contributed by atoms with Crippen LogP contribution < -0.4 is 0 Å². The van der Waals surface area contributed by atoms with Crippen LogP contribution in [0.1, 0.15) is 28.6 Å². The SMILES string of the molecule is Cc1cc(CC(O)c2c(F)ccc(C)c2F)n(C)n1. The molecule has 0 fully saturated rings. The standard InChI is InChI=1S/C14H16F2N2O/c1-8-4-5-11(15)13(14(8)16)12(19)7-10-6-9(2)17-18(10)3/h4-6,12,19H,7H2,1-3H3. The lowest BCUT2D eigenvalue weighted by Crippen LogP contribution is -2.11. The maximum atomic E-state index is 13.9. The van der Waals surface area contributed by atoms with Gasteiger partial charge in [-0.1, -0.05) is 6.07 Å². The van der Waals surface area contributed by atoms with E-state index in [0.717, 1.165) is 11.4 Å². The van der Waals surface area contributed by atoms with Gasteiger partial charge >= 0.3 is 0 Å². The van der Waals surface area contributed by atoms with Crippen LogP contribution >= 0.6 is 0 Å². The van der Waals surface area contributed by atoms with Gasteiger partial charge in [-0.05, 0) is 31.5 Å². The fourth-order valence-corrected chi connectivity index (χ4v) is 2.14. The van der Waals surface area contributed by atoms with Gasteiger partial charge in [0.25, 0.3) is 0 Å². The highest BCUT2D eigenvalue weighted by Crippen LogP contribution is 2.26. The van der Waals surface area contributed by atoms with Crippen LogP contribution in [0.2, 0.25) is 0 Å². The number of nitrogens with zero attached hydrogens (tertiary/aromatic N) is 2. The third kappa shape index (κ3) is 2.66. The molecule has 2 aromatic rings. The Morgan fingerprint density at radius 1 is 1.32 bits per heavy atom. The molecule has 19 heavy (non-hydrogen) atoms. The summed E-state index contributed by atoms with van der Waals surface area (Å²) in [7, 11) is 1.73. The summed E-state index contributed by atoms with van der Waals surface area (Å²) in [5, 5.41) is 14.2. The Labute approximate surface area is 110 Å². The van der Waals surface area contributed by atoms with Crippen molar-refractivity contribution < 1.29 is 13.9 Å². The van der Waals surface area contributed by atoms with E-state index in [-0.39, 0.29) is 12.0 Å². The minimum Gasteiger partial charge on any atom is -0.388 e. The largest absolute Gasteiger partial charge is 0.388 e. The van der Waals surface area contributed by atoms with Gasteiger partial charge in [0.15, 0.2) is 0 Å². The summed E-state index contributed by atoms with van der Waals surface area (Å²) >= 11 is 0. The van der Waals surface area contributed by atoms with Crippen molar-refractivity contribution in [3.63, 3.8) is 0 Å². The van der Waals surface area contributed by atoms with E-state index < -0.39 is 17.7 Å². The Kier molecular flexibility index (Phi) is 3.66. The first-order valence-electron chi connectivity index (χ1n) is 6.02. The van der Waals surface area contributed by atoms with E-state index in [4.69, 9.17) is 0 Å². The zero-order valence-electron chi connectivity index (χ0n) is 11.1. The smallest absolute Gasteiger partial charge is 0.134 e. The Bertz CT molecular complexity index is 608. The maximum Gasteiger partial charge on any atom is 0.134 e. The first-order valence-corrected chi connectivity index (χ1v) is 6.02. The molecule has 1 aromatic heterocycles. The normalized spacial score (nSPS) is 12.7. The van der Waals surface area contributed by atoms with Crippen LogP contribution in [0, 0.1) is 25.5 Å². The summed E-state index contributed by atoms with van der Waals surface area (Å²) in [5.74, 6) is -1.42. The van der Waals surface area contributed by atoms with Crippen molar-refractivity contribution in [1.82, 2.24) is 9.78 Å². The molecule has 1 atom stereocenters. The molecule has 0 spiro atoms. The van der Waals surface area contributed by atoms with Crippen LogP contribution in [-0.2, 0) is 13.5 Å². The minimum atomic E-state index is -1.23. The van der Waals surface area contributed by atoms with E-state index in [9.17, 15) is 13.9 Å². The monoisotopic (exact) mass is 266 g/mol. The predicted molar refractivity (Wildman–Crippen MR) is 67.7 cm³/mol. The summed E-state index contributed by atoms with van der Waals surface area (Å²) < 4.78 is 29.2. The molecule has 1 unspecified atom stereocenters. The Hall–Kier alpha value is -1.75. The molecular formula is C14H16F2N2O. The van der Waals surface area contributed by atoms with Crippen molar-refractivity contribution >= 4 is 0 Å². The number of rotatable bonds is 3. The van der Waals surface area contributed by atoms with Crippen LogP contribution in [0.3, 0.4) is 0 Å². The first kappa shape index (κ1) is 13.7. The van der Waals surface area contributed by atoms with E-state index >= 15 is 0 Å². The van der Waals surface area contributed by atoms with Gasteiger partial charge in [-0.2, -0.15) is 5.10 Å². The summed E-state index contributed by atoms with van der Waals surface area (Å²) in [6, 6.07) is 4.31.